The minimum atomic E-state index is 0.643. The van der Waals surface area contributed by atoms with E-state index >= 15 is 0 Å². The van der Waals surface area contributed by atoms with E-state index in [0.717, 1.165) is 22.2 Å². The molecule has 0 saturated heterocycles. The zero-order valence-corrected chi connectivity index (χ0v) is 11.4. The van der Waals surface area contributed by atoms with Crippen LogP contribution in [0.4, 0.5) is 5.69 Å². The second-order valence-corrected chi connectivity index (χ2v) is 4.67. The van der Waals surface area contributed by atoms with Gasteiger partial charge in [-0.1, -0.05) is 41.9 Å². The Hall–Kier alpha value is -2.39. The Morgan fingerprint density at radius 1 is 1.00 bits per heavy atom. The molecule has 4 heteroatoms. The molecular formula is C16H12ClN3. The smallest absolute Gasteiger partial charge is 0.0748 e. The summed E-state index contributed by atoms with van der Waals surface area (Å²) >= 11 is 6.05. The minimum Gasteiger partial charge on any atom is -0.277 e. The molecule has 0 saturated carbocycles. The molecule has 0 bridgehead atoms. The van der Waals surface area contributed by atoms with Crippen LogP contribution in [0.25, 0.3) is 10.9 Å². The summed E-state index contributed by atoms with van der Waals surface area (Å²) in [6.45, 7) is 0. The van der Waals surface area contributed by atoms with Crippen LogP contribution in [-0.2, 0) is 0 Å². The number of fused-ring (bicyclic) bond motifs is 1. The summed E-state index contributed by atoms with van der Waals surface area (Å²) in [5, 5.41) is 5.95. The third-order valence-corrected chi connectivity index (χ3v) is 3.27. The molecule has 0 amide bonds. The first-order valence-electron chi connectivity index (χ1n) is 6.22. The SMILES string of the molecule is Clc1ccccc1N/N=C\c1ccnc2ccccc12. The van der Waals surface area contributed by atoms with E-state index in [9.17, 15) is 0 Å². The number of halogens is 1. The first-order chi connectivity index (χ1) is 9.84. The maximum absolute atomic E-state index is 6.05. The number of aromatic nitrogens is 1. The number of pyridine rings is 1. The van der Waals surface area contributed by atoms with Crippen molar-refractivity contribution in [3.05, 3.63) is 71.4 Å². The number of hydrazone groups is 1. The van der Waals surface area contributed by atoms with Crippen LogP contribution in [0.5, 0.6) is 0 Å². The lowest BCUT2D eigenvalue weighted by atomic mass is 10.1. The van der Waals surface area contributed by atoms with Gasteiger partial charge in [-0.25, -0.2) is 0 Å². The highest BCUT2D eigenvalue weighted by molar-refractivity contribution is 6.33. The average molecular weight is 282 g/mol. The first-order valence-corrected chi connectivity index (χ1v) is 6.60. The van der Waals surface area contributed by atoms with E-state index in [1.54, 1.807) is 12.4 Å². The summed E-state index contributed by atoms with van der Waals surface area (Å²) in [6, 6.07) is 17.4. The van der Waals surface area contributed by atoms with Gasteiger partial charge in [0.2, 0.25) is 0 Å². The van der Waals surface area contributed by atoms with Gasteiger partial charge in [0.05, 0.1) is 22.4 Å². The predicted octanol–water partition coefficient (Wildman–Crippen LogP) is 4.33. The first kappa shape index (κ1) is 12.6. The van der Waals surface area contributed by atoms with Gasteiger partial charge in [0, 0.05) is 17.1 Å². The molecule has 2 aromatic carbocycles. The van der Waals surface area contributed by atoms with Gasteiger partial charge in [-0.3, -0.25) is 10.4 Å². The molecule has 1 aromatic heterocycles. The number of hydrogen-bond donors (Lipinski definition) is 1. The fourth-order valence-corrected chi connectivity index (χ4v) is 2.13. The van der Waals surface area contributed by atoms with Crippen LogP contribution in [0, 0.1) is 0 Å². The van der Waals surface area contributed by atoms with Gasteiger partial charge in [-0.15, -0.1) is 0 Å². The van der Waals surface area contributed by atoms with E-state index in [4.69, 9.17) is 11.6 Å². The van der Waals surface area contributed by atoms with Crippen molar-refractivity contribution in [2.24, 2.45) is 5.10 Å². The zero-order valence-electron chi connectivity index (χ0n) is 10.6. The number of para-hydroxylation sites is 2. The minimum absolute atomic E-state index is 0.643. The molecule has 3 nitrogen and oxygen atoms in total. The zero-order chi connectivity index (χ0) is 13.8. The normalized spacial score (nSPS) is 11.1. The topological polar surface area (TPSA) is 37.3 Å². The third kappa shape index (κ3) is 2.63. The second-order valence-electron chi connectivity index (χ2n) is 4.27. The van der Waals surface area contributed by atoms with E-state index in [2.05, 4.69) is 15.5 Å². The van der Waals surface area contributed by atoms with Gasteiger partial charge >= 0.3 is 0 Å². The monoisotopic (exact) mass is 281 g/mol. The molecule has 0 atom stereocenters. The Kier molecular flexibility index (Phi) is 3.61. The number of nitrogens with one attached hydrogen (secondary N) is 1. The molecule has 98 valence electrons. The standard InChI is InChI=1S/C16H12ClN3/c17-14-6-2-4-8-16(14)20-19-11-12-9-10-18-15-7-3-1-5-13(12)15/h1-11,20H/b19-11-. The van der Waals surface area contributed by atoms with Gasteiger partial charge in [0.15, 0.2) is 0 Å². The van der Waals surface area contributed by atoms with Gasteiger partial charge in [0.1, 0.15) is 0 Å². The number of benzene rings is 2. The Balaban J connectivity index is 1.86. The van der Waals surface area contributed by atoms with Crippen LogP contribution < -0.4 is 5.43 Å². The lowest BCUT2D eigenvalue weighted by Crippen LogP contribution is -1.92. The Morgan fingerprint density at radius 2 is 1.80 bits per heavy atom. The van der Waals surface area contributed by atoms with Crippen molar-refractivity contribution >= 4 is 34.4 Å². The molecule has 0 aliphatic rings. The van der Waals surface area contributed by atoms with Gasteiger partial charge in [0.25, 0.3) is 0 Å². The average Bonchev–Trinajstić information content (AvgIpc) is 2.49. The highest BCUT2D eigenvalue weighted by atomic mass is 35.5. The molecule has 0 aliphatic heterocycles. The van der Waals surface area contributed by atoms with Gasteiger partial charge in [-0.2, -0.15) is 5.10 Å². The molecule has 1 N–H and O–H groups in total. The lowest BCUT2D eigenvalue weighted by molar-refractivity contribution is 1.35. The molecule has 1 heterocycles. The lowest BCUT2D eigenvalue weighted by Gasteiger charge is -2.03. The van der Waals surface area contributed by atoms with Crippen LogP contribution >= 0.6 is 11.6 Å². The molecular weight excluding hydrogens is 270 g/mol. The van der Waals surface area contributed by atoms with Crippen LogP contribution in [0.15, 0.2) is 65.9 Å². The second kappa shape index (κ2) is 5.72. The van der Waals surface area contributed by atoms with Crippen LogP contribution in [0.1, 0.15) is 5.56 Å². The summed E-state index contributed by atoms with van der Waals surface area (Å²) in [7, 11) is 0. The van der Waals surface area contributed by atoms with E-state index in [0.29, 0.717) is 5.02 Å². The fraction of sp³-hybridized carbons (Fsp3) is 0. The van der Waals surface area contributed by atoms with Crippen LogP contribution in [0.2, 0.25) is 5.02 Å². The summed E-state index contributed by atoms with van der Waals surface area (Å²) in [5.74, 6) is 0. The van der Waals surface area contributed by atoms with Crippen LogP contribution in [-0.4, -0.2) is 11.2 Å². The Morgan fingerprint density at radius 3 is 2.70 bits per heavy atom. The number of anilines is 1. The highest BCUT2D eigenvalue weighted by Crippen LogP contribution is 2.20. The van der Waals surface area contributed by atoms with Crippen molar-refractivity contribution in [3.63, 3.8) is 0 Å². The maximum atomic E-state index is 6.05. The highest BCUT2D eigenvalue weighted by Gasteiger charge is 1.99. The van der Waals surface area contributed by atoms with E-state index in [1.807, 2.05) is 54.6 Å². The van der Waals surface area contributed by atoms with E-state index < -0.39 is 0 Å². The number of nitrogens with zero attached hydrogens (tertiary/aromatic N) is 2. The molecule has 3 rings (SSSR count). The summed E-state index contributed by atoms with van der Waals surface area (Å²) in [5.41, 5.74) is 5.69. The Bertz CT molecular complexity index is 763. The van der Waals surface area contributed by atoms with Crippen molar-refractivity contribution < 1.29 is 0 Å². The van der Waals surface area contributed by atoms with Gasteiger partial charge < -0.3 is 0 Å². The van der Waals surface area contributed by atoms with E-state index in [-0.39, 0.29) is 0 Å². The van der Waals surface area contributed by atoms with Crippen molar-refractivity contribution in [1.29, 1.82) is 0 Å². The molecule has 0 radical (unpaired) electrons. The molecule has 0 unspecified atom stereocenters. The van der Waals surface area contributed by atoms with E-state index in [1.165, 1.54) is 0 Å². The summed E-state index contributed by atoms with van der Waals surface area (Å²) in [4.78, 5) is 4.32. The molecule has 0 fully saturated rings. The molecule has 0 spiro atoms. The summed E-state index contributed by atoms with van der Waals surface area (Å²) < 4.78 is 0. The summed E-state index contributed by atoms with van der Waals surface area (Å²) in [6.07, 6.45) is 3.55. The fourth-order valence-electron chi connectivity index (χ4n) is 1.95. The van der Waals surface area contributed by atoms with Crippen molar-refractivity contribution in [3.8, 4) is 0 Å². The van der Waals surface area contributed by atoms with Crippen molar-refractivity contribution in [2.45, 2.75) is 0 Å². The van der Waals surface area contributed by atoms with Crippen LogP contribution in [0.3, 0.4) is 0 Å². The quantitative estimate of drug-likeness (QED) is 0.573. The predicted molar refractivity (Wildman–Crippen MR) is 84.4 cm³/mol. The third-order valence-electron chi connectivity index (χ3n) is 2.95. The molecule has 20 heavy (non-hydrogen) atoms. The molecule has 3 aromatic rings. The maximum Gasteiger partial charge on any atom is 0.0748 e. The van der Waals surface area contributed by atoms with Crippen molar-refractivity contribution in [1.82, 2.24) is 4.98 Å². The number of hydrogen-bond acceptors (Lipinski definition) is 3. The van der Waals surface area contributed by atoms with Gasteiger partial charge in [-0.05, 0) is 24.3 Å². The largest absolute Gasteiger partial charge is 0.277 e. The Labute approximate surface area is 121 Å². The van der Waals surface area contributed by atoms with Crippen molar-refractivity contribution in [2.75, 3.05) is 5.43 Å². The molecule has 0 aliphatic carbocycles. The number of rotatable bonds is 3.